The van der Waals surface area contributed by atoms with Gasteiger partial charge in [0.1, 0.15) is 0 Å². The maximum absolute atomic E-state index is 10.6. The van der Waals surface area contributed by atoms with E-state index in [0.29, 0.717) is 0 Å². The van der Waals surface area contributed by atoms with Gasteiger partial charge in [-0.25, -0.2) is 8.42 Å². The van der Waals surface area contributed by atoms with E-state index in [1.165, 1.54) is 0 Å². The summed E-state index contributed by atoms with van der Waals surface area (Å²) < 4.78 is 29.9. The summed E-state index contributed by atoms with van der Waals surface area (Å²) in [6.07, 6.45) is 3.13. The van der Waals surface area contributed by atoms with E-state index in [-0.39, 0.29) is 54.2 Å². The topological polar surface area (TPSA) is 149 Å². The van der Waals surface area contributed by atoms with Crippen molar-refractivity contribution < 1.29 is 29.4 Å². The Morgan fingerprint density at radius 2 is 1.29 bits per heavy atom. The average Bonchev–Trinajstić information content (AvgIpc) is 1.88. The van der Waals surface area contributed by atoms with Crippen LogP contribution < -0.4 is 0 Å². The van der Waals surface area contributed by atoms with Gasteiger partial charge in [0.15, 0.2) is 8.48 Å². The Bertz CT molecular complexity index is 202. The fraction of sp³-hybridized carbons (Fsp3) is 1.00. The molecule has 9 heteroatoms. The molecule has 0 spiro atoms. The minimum atomic E-state index is -3.59. The van der Waals surface area contributed by atoms with Gasteiger partial charge in [-0.15, -0.1) is 0 Å². The summed E-state index contributed by atoms with van der Waals surface area (Å²) in [5.41, 5.74) is 0. The van der Waals surface area contributed by atoms with Crippen LogP contribution in [0.2, 0.25) is 10.6 Å². The maximum atomic E-state index is 10.6. The van der Waals surface area contributed by atoms with Crippen LogP contribution in [-0.4, -0.2) is 80.2 Å². The fourth-order valence-corrected chi connectivity index (χ4v) is 6.52. The zero-order chi connectivity index (χ0) is 7.61. The summed E-state index contributed by atoms with van der Waals surface area (Å²) in [4.78, 5) is 0. The first-order valence-corrected chi connectivity index (χ1v) is 8.12. The molecule has 0 aliphatic carbocycles. The third-order valence-electron chi connectivity index (χ3n) is 1.97. The van der Waals surface area contributed by atoms with Crippen LogP contribution in [0.4, 0.5) is 0 Å². The molecule has 1 saturated heterocycles. The molecule has 0 amide bonds. The van der Waals surface area contributed by atoms with Gasteiger partial charge in [-0.2, -0.15) is 0 Å². The molecule has 0 bridgehead atoms. The van der Waals surface area contributed by atoms with Gasteiger partial charge in [0.05, 0.1) is 0 Å². The van der Waals surface area contributed by atoms with Crippen LogP contribution in [0.3, 0.4) is 0 Å². The van der Waals surface area contributed by atoms with E-state index in [2.05, 4.69) is 0 Å². The van der Waals surface area contributed by atoms with Crippen molar-refractivity contribution in [2.75, 3.05) is 0 Å². The molecule has 0 radical (unpaired) electrons. The van der Waals surface area contributed by atoms with Crippen LogP contribution in [0.25, 0.3) is 0 Å². The van der Waals surface area contributed by atoms with Gasteiger partial charge in [0, 0.05) is 0 Å². The van der Waals surface area contributed by atoms with E-state index >= 15 is 0 Å². The van der Waals surface area contributed by atoms with Crippen LogP contribution in [0.15, 0.2) is 0 Å². The molecular formula is C5H19AlCaO6S. The first-order valence-electron chi connectivity index (χ1n) is 3.57. The molecule has 0 atom stereocenters. The third kappa shape index (κ3) is 8.86. The summed E-state index contributed by atoms with van der Waals surface area (Å²) in [5, 5.41) is 1.55. The molecule has 1 heterocycles. The Morgan fingerprint density at radius 1 is 0.929 bits per heavy atom. The summed E-state index contributed by atoms with van der Waals surface area (Å²) in [6.45, 7) is 0. The molecule has 1 aliphatic rings. The second kappa shape index (κ2) is 11.1. The average molecular weight is 274 g/mol. The van der Waals surface area contributed by atoms with Crippen molar-refractivity contribution in [3.8, 4) is 0 Å². The Balaban J connectivity index is -0.000000125. The van der Waals surface area contributed by atoms with E-state index < -0.39 is 21.5 Å². The molecule has 1 fully saturated rings. The summed E-state index contributed by atoms with van der Waals surface area (Å²) in [5.74, 6) is 0. The summed E-state index contributed by atoms with van der Waals surface area (Å²) in [7, 11) is -3.59. The summed E-state index contributed by atoms with van der Waals surface area (Å²) in [6, 6.07) is 0. The van der Waals surface area contributed by atoms with Gasteiger partial charge in [-0.3, -0.25) is 0 Å². The van der Waals surface area contributed by atoms with Gasteiger partial charge in [0.25, 0.3) is 0 Å². The fourth-order valence-electron chi connectivity index (χ4n) is 1.36. The van der Waals surface area contributed by atoms with Gasteiger partial charge in [-0.1, -0.05) is 29.8 Å². The van der Waals surface area contributed by atoms with Crippen molar-refractivity contribution in [2.24, 2.45) is 0 Å². The SMILES string of the molecule is O.O.O.O=[S](=O)(O)[Al]1[CH2]CCC[CH2]1.[CaH2]. The zero-order valence-electron chi connectivity index (χ0n) is 7.28. The standard InChI is InChI=1S/C5H10.Al.Ca.HO3S.3H2O.2H/c1-3-5-4-2;;;1-4(2)3;;;;;/h1-5H2;;;(H,1,2,3);3*1H2;;. The van der Waals surface area contributed by atoms with E-state index in [1.54, 1.807) is 0 Å². The molecule has 6 nitrogen and oxygen atoms in total. The van der Waals surface area contributed by atoms with Gasteiger partial charge < -0.3 is 21.0 Å². The molecule has 14 heavy (non-hydrogen) atoms. The van der Waals surface area contributed by atoms with Crippen molar-refractivity contribution >= 4 is 59.2 Å². The quantitative estimate of drug-likeness (QED) is 0.421. The molecule has 0 unspecified atom stereocenters. The van der Waals surface area contributed by atoms with E-state index in [9.17, 15) is 8.42 Å². The van der Waals surface area contributed by atoms with Crippen LogP contribution in [-0.2, 0) is 8.48 Å². The normalized spacial score (nSPS) is 15.1. The monoisotopic (exact) mass is 274 g/mol. The number of hydrogen-bond donors (Lipinski definition) is 1. The summed E-state index contributed by atoms with van der Waals surface area (Å²) >= 11 is -1.79. The van der Waals surface area contributed by atoms with Gasteiger partial charge in [-0.05, 0) is 0 Å². The molecular weight excluding hydrogens is 255 g/mol. The van der Waals surface area contributed by atoms with Crippen molar-refractivity contribution in [1.82, 2.24) is 0 Å². The molecule has 1 rings (SSSR count). The zero-order valence-corrected chi connectivity index (χ0v) is 9.26. The van der Waals surface area contributed by atoms with Gasteiger partial charge in [0.2, 0.25) is 0 Å². The van der Waals surface area contributed by atoms with Crippen molar-refractivity contribution in [3.63, 3.8) is 0 Å². The van der Waals surface area contributed by atoms with Crippen molar-refractivity contribution in [2.45, 2.75) is 29.8 Å². The molecule has 0 aromatic carbocycles. The Kier molecular flexibility index (Phi) is 19.5. The predicted octanol–water partition coefficient (Wildman–Crippen LogP) is -2.34. The first kappa shape index (κ1) is 24.7. The Hall–Kier alpha value is 1.58. The number of hydrogen-bond acceptors (Lipinski definition) is 2. The van der Waals surface area contributed by atoms with Crippen LogP contribution in [0.5, 0.6) is 0 Å². The van der Waals surface area contributed by atoms with Gasteiger partial charge >= 0.3 is 50.8 Å². The third-order valence-corrected chi connectivity index (χ3v) is 8.86. The Labute approximate surface area is 117 Å². The van der Waals surface area contributed by atoms with Crippen LogP contribution >= 0.6 is 0 Å². The van der Waals surface area contributed by atoms with Crippen LogP contribution in [0.1, 0.15) is 19.3 Å². The molecule has 7 N–H and O–H groups in total. The first-order chi connectivity index (χ1) is 4.61. The van der Waals surface area contributed by atoms with Crippen LogP contribution in [0, 0.1) is 0 Å². The van der Waals surface area contributed by atoms with E-state index in [1.807, 2.05) is 0 Å². The molecule has 1 aliphatic heterocycles. The second-order valence-corrected chi connectivity index (χ2v) is 9.99. The second-order valence-electron chi connectivity index (χ2n) is 2.77. The molecule has 0 aromatic heterocycles. The van der Waals surface area contributed by atoms with Crippen molar-refractivity contribution in [3.05, 3.63) is 0 Å². The number of rotatable bonds is 1. The van der Waals surface area contributed by atoms with Crippen molar-refractivity contribution in [1.29, 1.82) is 0 Å². The molecule has 0 saturated carbocycles. The Morgan fingerprint density at radius 3 is 1.50 bits per heavy atom. The molecule has 0 aromatic rings. The van der Waals surface area contributed by atoms with E-state index in [0.717, 1.165) is 29.8 Å². The van der Waals surface area contributed by atoms with E-state index in [4.69, 9.17) is 4.55 Å². The predicted molar refractivity (Wildman–Crippen MR) is 60.2 cm³/mol. The molecule has 86 valence electrons. The minimum absolute atomic E-state index is 0.